The van der Waals surface area contributed by atoms with Crippen LogP contribution in [0.1, 0.15) is 15.2 Å². The molecule has 150 valence electrons. The number of benzene rings is 1. The largest absolute Gasteiger partial charge is 0.506 e. The van der Waals surface area contributed by atoms with Gasteiger partial charge in [-0.05, 0) is 18.6 Å². The predicted octanol–water partition coefficient (Wildman–Crippen LogP) is 2.34. The Morgan fingerprint density at radius 2 is 2.14 bits per heavy atom. The number of carbonyl (C=O) groups is 2. The van der Waals surface area contributed by atoms with Crippen molar-refractivity contribution in [2.24, 2.45) is 0 Å². The van der Waals surface area contributed by atoms with Crippen LogP contribution < -0.4 is 10.9 Å². The number of phenols is 1. The number of rotatable bonds is 6. The quantitative estimate of drug-likeness (QED) is 0.148. The number of aromatic nitrogens is 2. The molecule has 2 heterocycles. The van der Waals surface area contributed by atoms with E-state index in [4.69, 9.17) is 5.11 Å². The maximum absolute atomic E-state index is 12.2. The highest BCUT2D eigenvalue weighted by Crippen LogP contribution is 2.29. The molecular weight excluding hydrogens is 424 g/mol. The zero-order valence-electron chi connectivity index (χ0n) is 14.6. The highest BCUT2D eigenvalue weighted by atomic mass is 32.2. The number of phenolic OH excluding ortho intramolecular Hbond substituents is 1. The number of nitrogens with one attached hydrogen (secondary N) is 2. The third-order valence-electron chi connectivity index (χ3n) is 3.78. The van der Waals surface area contributed by atoms with Crippen molar-refractivity contribution >= 4 is 56.6 Å². The standard InChI is InChI=1S/C16H12N4O7S2/c1-6-11-13(23)18-16(19-14(11)29-12(6)15(24)25)28-5-10(22)17-8-4-7(20(26)27)2-3-9(8)21/h2-4,21H,5H2,1H3,(H,17,22)(H,24,25)(H,18,19,23). The van der Waals surface area contributed by atoms with Crippen molar-refractivity contribution in [3.05, 3.63) is 49.1 Å². The zero-order chi connectivity index (χ0) is 21.3. The molecule has 0 radical (unpaired) electrons. The van der Waals surface area contributed by atoms with Crippen molar-refractivity contribution in [1.29, 1.82) is 0 Å². The van der Waals surface area contributed by atoms with Crippen LogP contribution in [0.15, 0.2) is 28.2 Å². The second kappa shape index (κ2) is 7.89. The van der Waals surface area contributed by atoms with Gasteiger partial charge < -0.3 is 20.5 Å². The Balaban J connectivity index is 1.76. The molecule has 2 aromatic heterocycles. The minimum absolute atomic E-state index is 0.0130. The lowest BCUT2D eigenvalue weighted by Gasteiger charge is -2.07. The molecule has 3 rings (SSSR count). The Kier molecular flexibility index (Phi) is 5.52. The average molecular weight is 436 g/mol. The van der Waals surface area contributed by atoms with E-state index in [1.54, 1.807) is 0 Å². The number of thioether (sulfide) groups is 1. The molecule has 11 nitrogen and oxygen atoms in total. The number of aryl methyl sites for hydroxylation is 1. The number of aromatic carboxylic acids is 1. The Morgan fingerprint density at radius 1 is 1.41 bits per heavy atom. The zero-order valence-corrected chi connectivity index (χ0v) is 16.2. The number of H-pyrrole nitrogens is 1. The molecular formula is C16H12N4O7S2. The topological polar surface area (TPSA) is 176 Å². The number of carbonyl (C=O) groups excluding carboxylic acids is 1. The van der Waals surface area contributed by atoms with Crippen molar-refractivity contribution in [3.8, 4) is 5.75 Å². The van der Waals surface area contributed by atoms with Crippen LogP contribution in [0.2, 0.25) is 0 Å². The fraction of sp³-hybridized carbons (Fsp3) is 0.125. The molecule has 0 aliphatic heterocycles. The van der Waals surface area contributed by atoms with Crippen molar-refractivity contribution in [1.82, 2.24) is 9.97 Å². The van der Waals surface area contributed by atoms with Crippen LogP contribution in [0.5, 0.6) is 5.75 Å². The number of carboxylic acids is 1. The summed E-state index contributed by atoms with van der Waals surface area (Å²) in [6, 6.07) is 3.21. The number of hydrogen-bond acceptors (Lipinski definition) is 9. The lowest BCUT2D eigenvalue weighted by molar-refractivity contribution is -0.384. The van der Waals surface area contributed by atoms with E-state index in [2.05, 4.69) is 15.3 Å². The van der Waals surface area contributed by atoms with Crippen LogP contribution in [0.4, 0.5) is 11.4 Å². The number of nitrogens with zero attached hydrogens (tertiary/aromatic N) is 2. The maximum Gasteiger partial charge on any atom is 0.346 e. The summed E-state index contributed by atoms with van der Waals surface area (Å²) in [7, 11) is 0. The number of nitro groups is 1. The predicted molar refractivity (Wildman–Crippen MR) is 106 cm³/mol. The Labute approximate surface area is 169 Å². The van der Waals surface area contributed by atoms with Crippen LogP contribution in [-0.4, -0.2) is 42.7 Å². The second-order valence-corrected chi connectivity index (χ2v) is 7.67. The van der Waals surface area contributed by atoms with E-state index >= 15 is 0 Å². The number of thiophene rings is 1. The minimum Gasteiger partial charge on any atom is -0.506 e. The normalized spacial score (nSPS) is 10.8. The molecule has 4 N–H and O–H groups in total. The van der Waals surface area contributed by atoms with E-state index in [1.807, 2.05) is 0 Å². The first-order valence-corrected chi connectivity index (χ1v) is 9.64. The first kappa shape index (κ1) is 20.3. The highest BCUT2D eigenvalue weighted by molar-refractivity contribution is 7.99. The number of non-ortho nitro benzene ring substituents is 1. The monoisotopic (exact) mass is 436 g/mol. The molecule has 1 amide bonds. The fourth-order valence-electron chi connectivity index (χ4n) is 2.45. The number of aromatic hydroxyl groups is 1. The van der Waals surface area contributed by atoms with Gasteiger partial charge in [-0.15, -0.1) is 11.3 Å². The van der Waals surface area contributed by atoms with E-state index < -0.39 is 22.4 Å². The van der Waals surface area contributed by atoms with Gasteiger partial charge in [-0.2, -0.15) is 0 Å². The van der Waals surface area contributed by atoms with Crippen molar-refractivity contribution in [2.75, 3.05) is 11.1 Å². The van der Waals surface area contributed by atoms with Gasteiger partial charge in [0.05, 0.1) is 21.7 Å². The summed E-state index contributed by atoms with van der Waals surface area (Å²) in [5.41, 5.74) is -0.622. The van der Waals surface area contributed by atoms with Crippen LogP contribution in [0.25, 0.3) is 10.2 Å². The molecule has 0 aliphatic rings. The van der Waals surface area contributed by atoms with E-state index in [-0.39, 0.29) is 43.1 Å². The van der Waals surface area contributed by atoms with Crippen LogP contribution in [0.3, 0.4) is 0 Å². The SMILES string of the molecule is Cc1c(C(=O)O)sc2nc(SCC(=O)Nc3cc([N+](=O)[O-])ccc3O)[nH]c(=O)c12. The van der Waals surface area contributed by atoms with Gasteiger partial charge in [-0.25, -0.2) is 9.78 Å². The van der Waals surface area contributed by atoms with E-state index in [0.717, 1.165) is 41.3 Å². The molecule has 0 aliphatic carbocycles. The first-order chi connectivity index (χ1) is 13.7. The Hall–Kier alpha value is -3.45. The smallest absolute Gasteiger partial charge is 0.346 e. The van der Waals surface area contributed by atoms with Crippen LogP contribution in [-0.2, 0) is 4.79 Å². The molecule has 0 saturated carbocycles. The van der Waals surface area contributed by atoms with Crippen molar-refractivity contribution in [2.45, 2.75) is 12.1 Å². The van der Waals surface area contributed by atoms with Gasteiger partial charge in [0.2, 0.25) is 5.91 Å². The number of hydrogen-bond donors (Lipinski definition) is 4. The number of carboxylic acid groups (broad SMARTS) is 1. The minimum atomic E-state index is -1.16. The number of anilines is 1. The van der Waals surface area contributed by atoms with E-state index in [9.17, 15) is 29.6 Å². The van der Waals surface area contributed by atoms with Gasteiger partial charge in [0.15, 0.2) is 5.16 Å². The van der Waals surface area contributed by atoms with Gasteiger partial charge in [0, 0.05) is 12.1 Å². The lowest BCUT2D eigenvalue weighted by atomic mass is 10.2. The maximum atomic E-state index is 12.2. The lowest BCUT2D eigenvalue weighted by Crippen LogP contribution is -2.15. The molecule has 0 bridgehead atoms. The summed E-state index contributed by atoms with van der Waals surface area (Å²) >= 11 is 1.74. The number of nitro benzene ring substituents is 1. The molecule has 0 unspecified atom stereocenters. The summed E-state index contributed by atoms with van der Waals surface area (Å²) in [4.78, 5) is 52.6. The molecule has 1 aromatic carbocycles. The average Bonchev–Trinajstić information content (AvgIpc) is 2.99. The Morgan fingerprint density at radius 3 is 2.79 bits per heavy atom. The van der Waals surface area contributed by atoms with Gasteiger partial charge in [0.25, 0.3) is 11.2 Å². The third-order valence-corrected chi connectivity index (χ3v) is 5.83. The van der Waals surface area contributed by atoms with Gasteiger partial charge in [-0.3, -0.25) is 19.7 Å². The molecule has 3 aromatic rings. The molecule has 0 saturated heterocycles. The van der Waals surface area contributed by atoms with Crippen molar-refractivity contribution < 1.29 is 24.7 Å². The summed E-state index contributed by atoms with van der Waals surface area (Å²) in [6.07, 6.45) is 0. The van der Waals surface area contributed by atoms with Gasteiger partial charge >= 0.3 is 5.97 Å². The van der Waals surface area contributed by atoms with E-state index in [1.165, 1.54) is 6.92 Å². The van der Waals surface area contributed by atoms with Gasteiger partial charge in [0.1, 0.15) is 15.5 Å². The number of amides is 1. The number of fused-ring (bicyclic) bond motifs is 1. The third kappa shape index (κ3) is 4.20. The summed E-state index contributed by atoms with van der Waals surface area (Å²) in [5, 5.41) is 32.3. The second-order valence-electron chi connectivity index (χ2n) is 5.71. The summed E-state index contributed by atoms with van der Waals surface area (Å²) in [6.45, 7) is 1.52. The molecule has 13 heteroatoms. The highest BCUT2D eigenvalue weighted by Gasteiger charge is 2.19. The van der Waals surface area contributed by atoms with Crippen LogP contribution >= 0.6 is 23.1 Å². The van der Waals surface area contributed by atoms with Crippen LogP contribution in [0, 0.1) is 17.0 Å². The molecule has 29 heavy (non-hydrogen) atoms. The van der Waals surface area contributed by atoms with E-state index in [0.29, 0.717) is 5.56 Å². The van der Waals surface area contributed by atoms with Crippen molar-refractivity contribution in [3.63, 3.8) is 0 Å². The summed E-state index contributed by atoms with van der Waals surface area (Å²) < 4.78 is 0. The Bertz CT molecular complexity index is 1220. The summed E-state index contributed by atoms with van der Waals surface area (Å²) in [5.74, 6) is -2.30. The molecule has 0 atom stereocenters. The van der Waals surface area contributed by atoms with Gasteiger partial charge in [-0.1, -0.05) is 11.8 Å². The number of aromatic amines is 1. The molecule has 0 spiro atoms. The first-order valence-electron chi connectivity index (χ1n) is 7.84. The molecule has 0 fully saturated rings. The fourth-order valence-corrected chi connectivity index (χ4v) is 4.19.